The maximum atomic E-state index is 6.06. The second-order valence-corrected chi connectivity index (χ2v) is 6.00. The third-order valence-corrected chi connectivity index (χ3v) is 4.42. The highest BCUT2D eigenvalue weighted by Crippen LogP contribution is 2.23. The van der Waals surface area contributed by atoms with Gasteiger partial charge >= 0.3 is 0 Å². The van der Waals surface area contributed by atoms with Crippen molar-refractivity contribution in [3.63, 3.8) is 0 Å². The summed E-state index contributed by atoms with van der Waals surface area (Å²) in [5, 5.41) is 0. The van der Waals surface area contributed by atoms with Gasteiger partial charge in [-0.25, -0.2) is 0 Å². The first-order valence-electron chi connectivity index (χ1n) is 6.92. The van der Waals surface area contributed by atoms with E-state index in [4.69, 9.17) is 10.5 Å². The Hall–Kier alpha value is -0.670. The third-order valence-electron chi connectivity index (χ3n) is 3.24. The first-order valence-corrected chi connectivity index (χ1v) is 8.07. The number of hydrogen-bond donors (Lipinski definition) is 1. The molecule has 3 heteroatoms. The largest absolute Gasteiger partial charge is 0.490 e. The number of thioether (sulfide) groups is 1. The van der Waals surface area contributed by atoms with E-state index >= 15 is 0 Å². The summed E-state index contributed by atoms with van der Waals surface area (Å²) in [5.74, 6) is 3.46. The molecule has 100 valence electrons. The molecule has 1 heterocycles. The maximum absolute atomic E-state index is 6.06. The van der Waals surface area contributed by atoms with Gasteiger partial charge in [0.25, 0.3) is 0 Å². The van der Waals surface area contributed by atoms with E-state index in [9.17, 15) is 0 Å². The predicted octanol–water partition coefficient (Wildman–Crippen LogP) is 3.24. The molecule has 1 aromatic carbocycles. The fraction of sp³-hybridized carbons (Fsp3) is 0.600. The molecule has 1 atom stereocenters. The molecule has 0 saturated carbocycles. The molecule has 1 saturated heterocycles. The number of unbranched alkanes of at least 4 members (excludes halogenated alkanes) is 1. The van der Waals surface area contributed by atoms with Gasteiger partial charge in [-0.2, -0.15) is 11.8 Å². The van der Waals surface area contributed by atoms with Gasteiger partial charge in [-0.1, -0.05) is 12.1 Å². The molecule has 0 spiro atoms. The molecule has 2 N–H and O–H groups in total. The van der Waals surface area contributed by atoms with E-state index in [1.165, 1.54) is 30.6 Å². The number of rotatable bonds is 6. The molecule has 1 aromatic rings. The van der Waals surface area contributed by atoms with Crippen LogP contribution in [0.1, 0.15) is 31.2 Å². The quantitative estimate of drug-likeness (QED) is 0.802. The summed E-state index contributed by atoms with van der Waals surface area (Å²) < 4.78 is 6.06. The summed E-state index contributed by atoms with van der Waals surface area (Å²) >= 11 is 2.00. The molecule has 0 aromatic heterocycles. The normalized spacial score (nSPS) is 19.7. The second-order valence-electron chi connectivity index (χ2n) is 4.85. The van der Waals surface area contributed by atoms with Crippen molar-refractivity contribution in [3.8, 4) is 5.75 Å². The minimum Gasteiger partial charge on any atom is -0.490 e. The standard InChI is InChI=1S/C15H23NOS/c16-9-2-1-5-13-6-3-7-14(11-13)17-15-8-4-10-18-12-15/h3,6-7,11,15H,1-2,4-5,8-10,12,16H2. The molecule has 2 nitrogen and oxygen atoms in total. The summed E-state index contributed by atoms with van der Waals surface area (Å²) in [6.45, 7) is 0.787. The number of ether oxygens (including phenoxy) is 1. The lowest BCUT2D eigenvalue weighted by Crippen LogP contribution is -2.23. The Morgan fingerprint density at radius 3 is 3.06 bits per heavy atom. The molecule has 1 fully saturated rings. The van der Waals surface area contributed by atoms with E-state index < -0.39 is 0 Å². The lowest BCUT2D eigenvalue weighted by molar-refractivity contribution is 0.211. The molecule has 0 radical (unpaired) electrons. The Balaban J connectivity index is 1.85. The molecular weight excluding hydrogens is 242 g/mol. The van der Waals surface area contributed by atoms with Crippen molar-refractivity contribution in [2.24, 2.45) is 5.73 Å². The fourth-order valence-corrected chi connectivity index (χ4v) is 3.28. The van der Waals surface area contributed by atoms with Crippen LogP contribution in [0.4, 0.5) is 0 Å². The lowest BCUT2D eigenvalue weighted by atomic mass is 10.1. The molecular formula is C15H23NOS. The Bertz CT molecular complexity index is 350. The van der Waals surface area contributed by atoms with Crippen LogP contribution in [-0.2, 0) is 6.42 Å². The van der Waals surface area contributed by atoms with Crippen molar-refractivity contribution in [1.29, 1.82) is 0 Å². The van der Waals surface area contributed by atoms with Crippen LogP contribution in [0.15, 0.2) is 24.3 Å². The molecule has 1 aliphatic heterocycles. The van der Waals surface area contributed by atoms with Gasteiger partial charge in [-0.15, -0.1) is 0 Å². The zero-order chi connectivity index (χ0) is 12.6. The SMILES string of the molecule is NCCCCc1cccc(OC2CCCSC2)c1. The first-order chi connectivity index (χ1) is 8.88. The topological polar surface area (TPSA) is 35.2 Å². The summed E-state index contributed by atoms with van der Waals surface area (Å²) in [4.78, 5) is 0. The summed E-state index contributed by atoms with van der Waals surface area (Å²) in [5.41, 5.74) is 6.88. The molecule has 0 aliphatic carbocycles. The van der Waals surface area contributed by atoms with Gasteiger partial charge in [-0.05, 0) is 62.1 Å². The zero-order valence-corrected chi connectivity index (χ0v) is 11.8. The number of benzene rings is 1. The van der Waals surface area contributed by atoms with Crippen LogP contribution in [0.3, 0.4) is 0 Å². The molecule has 2 rings (SSSR count). The number of aryl methyl sites for hydroxylation is 1. The highest BCUT2D eigenvalue weighted by molar-refractivity contribution is 7.99. The predicted molar refractivity (Wildman–Crippen MR) is 79.4 cm³/mol. The Morgan fingerprint density at radius 1 is 1.33 bits per heavy atom. The number of nitrogens with two attached hydrogens (primary N) is 1. The maximum Gasteiger partial charge on any atom is 0.120 e. The molecule has 18 heavy (non-hydrogen) atoms. The van der Waals surface area contributed by atoms with Gasteiger partial charge in [0.1, 0.15) is 11.9 Å². The van der Waals surface area contributed by atoms with Gasteiger partial charge in [0.2, 0.25) is 0 Å². The molecule has 1 unspecified atom stereocenters. The van der Waals surface area contributed by atoms with E-state index in [-0.39, 0.29) is 0 Å². The van der Waals surface area contributed by atoms with Crippen LogP contribution in [-0.4, -0.2) is 24.2 Å². The Labute approximate surface area is 114 Å². The Morgan fingerprint density at radius 2 is 2.28 bits per heavy atom. The van der Waals surface area contributed by atoms with E-state index in [0.717, 1.165) is 30.9 Å². The number of hydrogen-bond acceptors (Lipinski definition) is 3. The highest BCUT2D eigenvalue weighted by Gasteiger charge is 2.15. The van der Waals surface area contributed by atoms with Gasteiger partial charge in [0, 0.05) is 5.75 Å². The van der Waals surface area contributed by atoms with Crippen LogP contribution in [0.25, 0.3) is 0 Å². The van der Waals surface area contributed by atoms with Crippen molar-refractivity contribution in [3.05, 3.63) is 29.8 Å². The van der Waals surface area contributed by atoms with Crippen LogP contribution in [0, 0.1) is 0 Å². The van der Waals surface area contributed by atoms with E-state index in [1.807, 2.05) is 11.8 Å². The van der Waals surface area contributed by atoms with E-state index in [2.05, 4.69) is 24.3 Å². The zero-order valence-electron chi connectivity index (χ0n) is 10.9. The molecule has 1 aliphatic rings. The van der Waals surface area contributed by atoms with Crippen molar-refractivity contribution in [2.45, 2.75) is 38.2 Å². The first kappa shape index (κ1) is 13.8. The summed E-state index contributed by atoms with van der Waals surface area (Å²) in [6.07, 6.45) is 6.26. The van der Waals surface area contributed by atoms with Crippen LogP contribution < -0.4 is 10.5 Å². The van der Waals surface area contributed by atoms with Crippen molar-refractivity contribution in [1.82, 2.24) is 0 Å². The fourth-order valence-electron chi connectivity index (χ4n) is 2.24. The van der Waals surface area contributed by atoms with Crippen LogP contribution >= 0.6 is 11.8 Å². The molecule has 0 amide bonds. The smallest absolute Gasteiger partial charge is 0.120 e. The summed E-state index contributed by atoms with van der Waals surface area (Å²) in [7, 11) is 0. The third kappa shape index (κ3) is 4.54. The van der Waals surface area contributed by atoms with E-state index in [0.29, 0.717) is 6.10 Å². The van der Waals surface area contributed by atoms with Gasteiger partial charge < -0.3 is 10.5 Å². The second kappa shape index (κ2) is 7.70. The van der Waals surface area contributed by atoms with Gasteiger partial charge in [0.15, 0.2) is 0 Å². The van der Waals surface area contributed by atoms with Gasteiger partial charge in [0.05, 0.1) is 0 Å². The monoisotopic (exact) mass is 265 g/mol. The van der Waals surface area contributed by atoms with Crippen LogP contribution in [0.5, 0.6) is 5.75 Å². The Kier molecular flexibility index (Phi) is 5.88. The van der Waals surface area contributed by atoms with Crippen molar-refractivity contribution in [2.75, 3.05) is 18.1 Å². The molecule has 0 bridgehead atoms. The van der Waals surface area contributed by atoms with Crippen molar-refractivity contribution >= 4 is 11.8 Å². The lowest BCUT2D eigenvalue weighted by Gasteiger charge is -2.22. The summed E-state index contributed by atoms with van der Waals surface area (Å²) in [6, 6.07) is 8.55. The highest BCUT2D eigenvalue weighted by atomic mass is 32.2. The van der Waals surface area contributed by atoms with E-state index in [1.54, 1.807) is 0 Å². The van der Waals surface area contributed by atoms with Crippen molar-refractivity contribution < 1.29 is 4.74 Å². The van der Waals surface area contributed by atoms with Gasteiger partial charge in [-0.3, -0.25) is 0 Å². The average Bonchev–Trinajstić information content (AvgIpc) is 2.41. The average molecular weight is 265 g/mol. The minimum atomic E-state index is 0.406. The van der Waals surface area contributed by atoms with Crippen LogP contribution in [0.2, 0.25) is 0 Å². The minimum absolute atomic E-state index is 0.406.